The molecule has 0 spiro atoms. The number of benzene rings is 1. The van der Waals surface area contributed by atoms with Crippen LogP contribution in [-0.2, 0) is 4.74 Å². The highest BCUT2D eigenvalue weighted by Gasteiger charge is 2.60. The molecule has 1 amide bonds. The van der Waals surface area contributed by atoms with Gasteiger partial charge in [-0.3, -0.25) is 14.6 Å². The predicted octanol–water partition coefficient (Wildman–Crippen LogP) is 3.53. The van der Waals surface area contributed by atoms with Crippen LogP contribution in [-0.4, -0.2) is 34.5 Å². The summed E-state index contributed by atoms with van der Waals surface area (Å²) in [6.07, 6.45) is 0.335. The molecule has 1 saturated carbocycles. The molecule has 3 aromatic rings. The molecule has 5 rings (SSSR count). The van der Waals surface area contributed by atoms with E-state index in [2.05, 4.69) is 9.97 Å². The lowest BCUT2D eigenvalue weighted by Gasteiger charge is -2.26. The number of primary amides is 1. The standard InChI is InChI=1S/C23H19F4N3O3/c1-9-10(2-3-13(24)19(9)25)17-11(6-12-21(17)33-8-23(12,26)27)15-7-16(31)18-14(30-15)4-5-29-20(18)22(28)32/h2-5,7,11-12,17,21H,6,8H2,1H3,(H2,28,32)(H,30,31)/t11?,12?,17-,21?/m0/s1. The van der Waals surface area contributed by atoms with Gasteiger partial charge in [0, 0.05) is 29.8 Å². The number of nitrogens with one attached hydrogen (secondary N) is 1. The number of aromatic nitrogens is 2. The van der Waals surface area contributed by atoms with Gasteiger partial charge in [0.1, 0.15) is 12.3 Å². The molecule has 1 aliphatic carbocycles. The van der Waals surface area contributed by atoms with Crippen LogP contribution in [0.25, 0.3) is 10.9 Å². The number of carbonyl (C=O) groups excluding carboxylic acids is 1. The topological polar surface area (TPSA) is 98.1 Å². The Hall–Kier alpha value is -3.27. The minimum absolute atomic E-state index is 0.00548. The number of aromatic amines is 1. The van der Waals surface area contributed by atoms with Crippen LogP contribution in [0.5, 0.6) is 0 Å². The molecule has 3 unspecified atom stereocenters. The second-order valence-electron chi connectivity index (χ2n) is 8.62. The molecule has 4 atom stereocenters. The number of ether oxygens (including phenoxy) is 1. The van der Waals surface area contributed by atoms with Crippen LogP contribution in [0, 0.1) is 24.5 Å². The van der Waals surface area contributed by atoms with E-state index in [1.54, 1.807) is 0 Å². The van der Waals surface area contributed by atoms with Crippen molar-refractivity contribution in [3.8, 4) is 0 Å². The van der Waals surface area contributed by atoms with Gasteiger partial charge in [-0.15, -0.1) is 0 Å². The highest BCUT2D eigenvalue weighted by atomic mass is 19.3. The summed E-state index contributed by atoms with van der Waals surface area (Å²) >= 11 is 0. The number of pyridine rings is 2. The summed E-state index contributed by atoms with van der Waals surface area (Å²) in [7, 11) is 0. The van der Waals surface area contributed by atoms with Gasteiger partial charge < -0.3 is 15.5 Å². The first-order chi connectivity index (χ1) is 15.6. The van der Waals surface area contributed by atoms with E-state index in [0.717, 1.165) is 6.07 Å². The second kappa shape index (κ2) is 7.38. The van der Waals surface area contributed by atoms with E-state index in [1.165, 1.54) is 31.3 Å². The molecular formula is C23H19F4N3O3. The highest BCUT2D eigenvalue weighted by molar-refractivity contribution is 6.03. The molecule has 6 nitrogen and oxygen atoms in total. The smallest absolute Gasteiger partial charge is 0.276 e. The molecule has 3 heterocycles. The zero-order valence-corrected chi connectivity index (χ0v) is 17.4. The number of nitrogens with zero attached hydrogens (tertiary/aromatic N) is 1. The fourth-order valence-corrected chi connectivity index (χ4v) is 5.33. The minimum Gasteiger partial charge on any atom is -0.371 e. The number of hydrogen-bond donors (Lipinski definition) is 2. The second-order valence-corrected chi connectivity index (χ2v) is 8.62. The van der Waals surface area contributed by atoms with Gasteiger partial charge in [-0.05, 0) is 36.6 Å². The Kier molecular flexibility index (Phi) is 4.82. The molecule has 172 valence electrons. The van der Waals surface area contributed by atoms with Crippen molar-refractivity contribution in [2.45, 2.75) is 37.2 Å². The first kappa shape index (κ1) is 21.6. The number of nitrogens with two attached hydrogens (primary N) is 1. The highest BCUT2D eigenvalue weighted by Crippen LogP contribution is 2.57. The lowest BCUT2D eigenvalue weighted by molar-refractivity contribution is -0.0398. The molecule has 0 bridgehead atoms. The fraction of sp³-hybridized carbons (Fsp3) is 0.348. The Bertz CT molecular complexity index is 1360. The van der Waals surface area contributed by atoms with Crippen molar-refractivity contribution in [2.24, 2.45) is 11.7 Å². The Labute approximate surface area is 184 Å². The number of alkyl halides is 2. The maximum absolute atomic E-state index is 14.6. The van der Waals surface area contributed by atoms with Crippen molar-refractivity contribution >= 4 is 16.8 Å². The van der Waals surface area contributed by atoms with Crippen LogP contribution >= 0.6 is 0 Å². The Balaban J connectivity index is 1.69. The molecule has 1 aliphatic heterocycles. The van der Waals surface area contributed by atoms with Gasteiger partial charge in [0.05, 0.1) is 22.9 Å². The van der Waals surface area contributed by atoms with E-state index in [0.29, 0.717) is 11.3 Å². The third-order valence-corrected chi connectivity index (χ3v) is 6.84. The Morgan fingerprint density at radius 1 is 1.27 bits per heavy atom. The number of H-pyrrole nitrogens is 1. The van der Waals surface area contributed by atoms with Gasteiger partial charge >= 0.3 is 0 Å². The fourth-order valence-electron chi connectivity index (χ4n) is 5.33. The number of hydrogen-bond acceptors (Lipinski definition) is 4. The van der Waals surface area contributed by atoms with E-state index in [-0.39, 0.29) is 28.6 Å². The first-order valence-electron chi connectivity index (χ1n) is 10.4. The van der Waals surface area contributed by atoms with E-state index in [4.69, 9.17) is 10.5 Å². The summed E-state index contributed by atoms with van der Waals surface area (Å²) in [4.78, 5) is 31.5. The molecule has 10 heteroatoms. The summed E-state index contributed by atoms with van der Waals surface area (Å²) in [5, 5.41) is -0.00548. The average molecular weight is 461 g/mol. The number of carbonyl (C=O) groups is 1. The number of fused-ring (bicyclic) bond motifs is 2. The lowest BCUT2D eigenvalue weighted by atomic mass is 9.82. The number of halogens is 4. The normalized spacial score (nSPS) is 26.0. The number of rotatable bonds is 3. The van der Waals surface area contributed by atoms with Crippen LogP contribution in [0.4, 0.5) is 17.6 Å². The molecule has 3 N–H and O–H groups in total. The Morgan fingerprint density at radius 3 is 2.76 bits per heavy atom. The molecule has 1 saturated heterocycles. The molecule has 2 fully saturated rings. The maximum Gasteiger partial charge on any atom is 0.276 e. The number of amides is 1. The summed E-state index contributed by atoms with van der Waals surface area (Å²) < 4.78 is 62.8. The van der Waals surface area contributed by atoms with Gasteiger partial charge in [-0.25, -0.2) is 17.6 Å². The average Bonchev–Trinajstić information content (AvgIpc) is 3.29. The van der Waals surface area contributed by atoms with Gasteiger partial charge in [-0.1, -0.05) is 6.07 Å². The quantitative estimate of drug-likeness (QED) is 0.583. The predicted molar refractivity (Wildman–Crippen MR) is 110 cm³/mol. The summed E-state index contributed by atoms with van der Waals surface area (Å²) in [6.45, 7) is 0.634. The molecule has 1 aromatic carbocycles. The van der Waals surface area contributed by atoms with Gasteiger partial charge in [0.2, 0.25) is 0 Å². The van der Waals surface area contributed by atoms with Crippen LogP contribution < -0.4 is 11.2 Å². The molecule has 0 radical (unpaired) electrons. The van der Waals surface area contributed by atoms with Crippen LogP contribution in [0.1, 0.15) is 45.6 Å². The summed E-state index contributed by atoms with van der Waals surface area (Å²) in [6, 6.07) is 5.04. The largest absolute Gasteiger partial charge is 0.371 e. The third kappa shape index (κ3) is 3.23. The molecule has 33 heavy (non-hydrogen) atoms. The van der Waals surface area contributed by atoms with E-state index < -0.39 is 59.4 Å². The van der Waals surface area contributed by atoms with Crippen molar-refractivity contribution in [1.82, 2.24) is 9.97 Å². The Morgan fingerprint density at radius 2 is 2.03 bits per heavy atom. The van der Waals surface area contributed by atoms with Gasteiger partial charge in [0.25, 0.3) is 11.8 Å². The van der Waals surface area contributed by atoms with Crippen molar-refractivity contribution in [3.05, 3.63) is 74.8 Å². The SMILES string of the molecule is Cc1c([C@H]2C(c3cc(=O)c4c(C(N)=O)nccc4[nH]3)CC3C2OCC3(F)F)ccc(F)c1F. The molecule has 2 aliphatic rings. The van der Waals surface area contributed by atoms with Crippen molar-refractivity contribution in [3.63, 3.8) is 0 Å². The van der Waals surface area contributed by atoms with E-state index in [1.807, 2.05) is 0 Å². The van der Waals surface area contributed by atoms with Crippen LogP contribution in [0.3, 0.4) is 0 Å². The van der Waals surface area contributed by atoms with E-state index >= 15 is 0 Å². The zero-order valence-electron chi connectivity index (χ0n) is 17.4. The third-order valence-electron chi connectivity index (χ3n) is 6.84. The van der Waals surface area contributed by atoms with Crippen molar-refractivity contribution in [2.75, 3.05) is 6.61 Å². The lowest BCUT2D eigenvalue weighted by Crippen LogP contribution is -2.27. The van der Waals surface area contributed by atoms with Crippen LogP contribution in [0.15, 0.2) is 35.3 Å². The van der Waals surface area contributed by atoms with E-state index in [9.17, 15) is 27.2 Å². The van der Waals surface area contributed by atoms with Gasteiger partial charge in [0.15, 0.2) is 17.1 Å². The zero-order chi connectivity index (χ0) is 23.7. The van der Waals surface area contributed by atoms with Gasteiger partial charge in [-0.2, -0.15) is 0 Å². The first-order valence-corrected chi connectivity index (χ1v) is 10.4. The van der Waals surface area contributed by atoms with Crippen LogP contribution in [0.2, 0.25) is 0 Å². The molecule has 2 aromatic heterocycles. The summed E-state index contributed by atoms with van der Waals surface area (Å²) in [5.41, 5.74) is 5.52. The van der Waals surface area contributed by atoms with Crippen molar-refractivity contribution < 1.29 is 27.1 Å². The summed E-state index contributed by atoms with van der Waals surface area (Å²) in [5.74, 6) is -8.63. The minimum atomic E-state index is -3.09. The molecular weight excluding hydrogens is 442 g/mol. The monoisotopic (exact) mass is 461 g/mol. The maximum atomic E-state index is 14.6. The van der Waals surface area contributed by atoms with Crippen molar-refractivity contribution in [1.29, 1.82) is 0 Å².